The fourth-order valence-corrected chi connectivity index (χ4v) is 3.89. The van der Waals surface area contributed by atoms with Crippen LogP contribution in [-0.4, -0.2) is 80.4 Å². The van der Waals surface area contributed by atoms with E-state index in [1.54, 1.807) is 32.7 Å². The third kappa shape index (κ3) is 6.63. The third-order valence-corrected chi connectivity index (χ3v) is 5.67. The summed E-state index contributed by atoms with van der Waals surface area (Å²) in [6.45, 7) is 3.64. The molecule has 1 unspecified atom stereocenters. The molecule has 0 saturated carbocycles. The lowest BCUT2D eigenvalue weighted by atomic mass is 10.1. The topological polar surface area (TPSA) is 121 Å². The molecule has 4 rings (SSSR count). The number of ether oxygens (including phenoxy) is 4. The quantitative estimate of drug-likeness (QED) is 0.270. The molecule has 0 aliphatic carbocycles. The number of benzene rings is 1. The number of fused-ring (bicyclic) bond motifs is 1. The molecule has 1 atom stereocenters. The number of carbonyl (C=O) groups is 1. The maximum Gasteiger partial charge on any atom is 0.308 e. The molecule has 11 nitrogen and oxygen atoms in total. The van der Waals surface area contributed by atoms with Crippen LogP contribution in [0.2, 0.25) is 0 Å². The second kappa shape index (κ2) is 12.7. The number of pyridine rings is 1. The molecule has 1 aliphatic rings. The maximum atomic E-state index is 12.7. The molecular formula is C25H32N6O5. The molecule has 2 aromatic heterocycles. The highest BCUT2D eigenvalue weighted by atomic mass is 16.5. The summed E-state index contributed by atoms with van der Waals surface area (Å²) in [7, 11) is 3.18. The van der Waals surface area contributed by atoms with E-state index in [1.165, 1.54) is 0 Å². The van der Waals surface area contributed by atoms with E-state index in [4.69, 9.17) is 18.9 Å². The molecule has 2 N–H and O–H groups in total. The third-order valence-electron chi connectivity index (χ3n) is 5.67. The summed E-state index contributed by atoms with van der Waals surface area (Å²) in [5.41, 5.74) is 1.70. The number of aromatic nitrogens is 3. The summed E-state index contributed by atoms with van der Waals surface area (Å²) in [5, 5.41) is 11.9. The van der Waals surface area contributed by atoms with Gasteiger partial charge in [-0.25, -0.2) is 4.98 Å². The molecule has 0 amide bonds. The molecule has 3 aromatic rings. The molecule has 0 fully saturated rings. The summed E-state index contributed by atoms with van der Waals surface area (Å²) in [6, 6.07) is 9.04. The first-order valence-electron chi connectivity index (χ1n) is 11.9. The van der Waals surface area contributed by atoms with Gasteiger partial charge in [-0.2, -0.15) is 5.10 Å². The lowest BCUT2D eigenvalue weighted by Crippen LogP contribution is -2.36. The van der Waals surface area contributed by atoms with E-state index in [-0.39, 0.29) is 12.4 Å². The van der Waals surface area contributed by atoms with Crippen LogP contribution in [0.15, 0.2) is 47.7 Å². The number of rotatable bonds is 13. The van der Waals surface area contributed by atoms with Crippen LogP contribution < -0.4 is 20.1 Å². The standard InChI is InChI=1S/C25H32N6O5/c1-33-11-3-12-36-24(32)15-22(18-4-7-23(34-2)29-16-18)31-21-6-5-20(14-19(21)17-30-31)35-13-10-28-25-26-8-9-27-25/h4-7,14,16-17,22H,3,8-13,15H2,1-2H3,(H2,26,27,28). The number of esters is 1. The van der Waals surface area contributed by atoms with Crippen molar-refractivity contribution in [3.8, 4) is 11.6 Å². The van der Waals surface area contributed by atoms with Crippen LogP contribution in [0.3, 0.4) is 0 Å². The molecule has 3 heterocycles. The highest BCUT2D eigenvalue weighted by Gasteiger charge is 2.22. The van der Waals surface area contributed by atoms with Crippen LogP contribution in [-0.2, 0) is 14.3 Å². The van der Waals surface area contributed by atoms with Gasteiger partial charge in [0.25, 0.3) is 0 Å². The van der Waals surface area contributed by atoms with Gasteiger partial charge < -0.3 is 29.6 Å². The molecule has 0 bridgehead atoms. The zero-order valence-electron chi connectivity index (χ0n) is 20.6. The summed E-state index contributed by atoms with van der Waals surface area (Å²) in [6.07, 6.45) is 4.22. The van der Waals surface area contributed by atoms with Crippen LogP contribution in [0, 0.1) is 0 Å². The number of nitrogens with zero attached hydrogens (tertiary/aromatic N) is 4. The first-order valence-corrected chi connectivity index (χ1v) is 11.9. The van der Waals surface area contributed by atoms with Crippen molar-refractivity contribution < 1.29 is 23.7 Å². The minimum atomic E-state index is -0.397. The Labute approximate surface area is 209 Å². The highest BCUT2D eigenvalue weighted by Crippen LogP contribution is 2.29. The number of nitrogens with one attached hydrogen (secondary N) is 2. The highest BCUT2D eigenvalue weighted by molar-refractivity contribution is 5.81. The molecular weight excluding hydrogens is 464 g/mol. The average Bonchev–Trinajstić information content (AvgIpc) is 3.58. The van der Waals surface area contributed by atoms with Gasteiger partial charge in [0.15, 0.2) is 5.96 Å². The van der Waals surface area contributed by atoms with Crippen molar-refractivity contribution in [1.82, 2.24) is 25.4 Å². The van der Waals surface area contributed by atoms with E-state index in [1.807, 2.05) is 28.9 Å². The van der Waals surface area contributed by atoms with Crippen molar-refractivity contribution in [3.05, 3.63) is 48.3 Å². The van der Waals surface area contributed by atoms with Crippen molar-refractivity contribution in [3.63, 3.8) is 0 Å². The maximum absolute atomic E-state index is 12.7. The summed E-state index contributed by atoms with van der Waals surface area (Å²) < 4.78 is 23.3. The Morgan fingerprint density at radius 3 is 2.83 bits per heavy atom. The number of carbonyl (C=O) groups excluding carboxylic acids is 1. The number of hydrogen-bond donors (Lipinski definition) is 2. The Morgan fingerprint density at radius 1 is 1.17 bits per heavy atom. The first-order chi connectivity index (χ1) is 17.7. The summed E-state index contributed by atoms with van der Waals surface area (Å²) in [5.74, 6) is 1.73. The van der Waals surface area contributed by atoms with Gasteiger partial charge in [-0.1, -0.05) is 0 Å². The fraction of sp³-hybridized carbons (Fsp3) is 0.440. The van der Waals surface area contributed by atoms with Gasteiger partial charge in [0, 0.05) is 44.3 Å². The van der Waals surface area contributed by atoms with Crippen molar-refractivity contribution in [1.29, 1.82) is 0 Å². The van der Waals surface area contributed by atoms with Crippen LogP contribution in [0.4, 0.5) is 0 Å². The second-order valence-corrected chi connectivity index (χ2v) is 8.16. The molecule has 0 saturated heterocycles. The minimum Gasteiger partial charge on any atom is -0.492 e. The smallest absolute Gasteiger partial charge is 0.308 e. The second-order valence-electron chi connectivity index (χ2n) is 8.16. The summed E-state index contributed by atoms with van der Waals surface area (Å²) in [4.78, 5) is 21.3. The Morgan fingerprint density at radius 2 is 2.08 bits per heavy atom. The largest absolute Gasteiger partial charge is 0.492 e. The summed E-state index contributed by atoms with van der Waals surface area (Å²) >= 11 is 0. The zero-order valence-corrected chi connectivity index (χ0v) is 20.6. The van der Waals surface area contributed by atoms with Crippen molar-refractivity contribution in [2.45, 2.75) is 18.9 Å². The number of methoxy groups -OCH3 is 2. The van der Waals surface area contributed by atoms with Gasteiger partial charge in [0.05, 0.1) is 51.0 Å². The normalized spacial score (nSPS) is 13.7. The van der Waals surface area contributed by atoms with E-state index >= 15 is 0 Å². The number of hydrogen-bond acceptors (Lipinski definition) is 10. The Hall–Kier alpha value is -3.86. The number of guanidine groups is 1. The van der Waals surface area contributed by atoms with Gasteiger partial charge in [-0.05, 0) is 29.8 Å². The van der Waals surface area contributed by atoms with Crippen LogP contribution >= 0.6 is 0 Å². The molecule has 36 heavy (non-hydrogen) atoms. The van der Waals surface area contributed by atoms with Crippen molar-refractivity contribution >= 4 is 22.8 Å². The van der Waals surface area contributed by atoms with Gasteiger partial charge in [-0.15, -0.1) is 0 Å². The Balaban J connectivity index is 1.47. The van der Waals surface area contributed by atoms with Crippen LogP contribution in [0.1, 0.15) is 24.4 Å². The van der Waals surface area contributed by atoms with Crippen molar-refractivity contribution in [2.75, 3.05) is 53.7 Å². The lowest BCUT2D eigenvalue weighted by Gasteiger charge is -2.19. The molecule has 0 spiro atoms. The molecule has 1 aliphatic heterocycles. The van der Waals surface area contributed by atoms with Gasteiger partial charge in [0.1, 0.15) is 12.4 Å². The minimum absolute atomic E-state index is 0.111. The van der Waals surface area contributed by atoms with Crippen molar-refractivity contribution in [2.24, 2.45) is 4.99 Å². The van der Waals surface area contributed by atoms with E-state index in [2.05, 4.69) is 25.7 Å². The fourth-order valence-electron chi connectivity index (χ4n) is 3.89. The van der Waals surface area contributed by atoms with Gasteiger partial charge >= 0.3 is 5.97 Å². The molecule has 11 heteroatoms. The predicted octanol–water partition coefficient (Wildman–Crippen LogP) is 1.93. The van der Waals surface area contributed by atoms with E-state index in [0.717, 1.165) is 41.3 Å². The van der Waals surface area contributed by atoms with E-state index in [9.17, 15) is 4.79 Å². The van der Waals surface area contributed by atoms with Gasteiger partial charge in [0.2, 0.25) is 5.88 Å². The lowest BCUT2D eigenvalue weighted by molar-refractivity contribution is -0.144. The Bertz CT molecular complexity index is 1160. The van der Waals surface area contributed by atoms with Crippen LogP contribution in [0.25, 0.3) is 10.9 Å². The first kappa shape index (κ1) is 25.2. The average molecular weight is 497 g/mol. The molecule has 1 aromatic carbocycles. The van der Waals surface area contributed by atoms with Crippen LogP contribution in [0.5, 0.6) is 11.6 Å². The van der Waals surface area contributed by atoms with Gasteiger partial charge in [-0.3, -0.25) is 14.5 Å². The Kier molecular flexibility index (Phi) is 8.92. The monoisotopic (exact) mass is 496 g/mol. The molecule has 0 radical (unpaired) electrons. The van der Waals surface area contributed by atoms with E-state index < -0.39 is 6.04 Å². The zero-order chi connectivity index (χ0) is 25.2. The van der Waals surface area contributed by atoms with E-state index in [0.29, 0.717) is 38.7 Å². The predicted molar refractivity (Wildman–Crippen MR) is 135 cm³/mol. The SMILES string of the molecule is COCCCOC(=O)CC(c1ccc(OC)nc1)n1ncc2cc(OCCNC3=NCCN3)ccc21. The molecule has 192 valence electrons. The number of aliphatic imine (C=N–C) groups is 1.